The van der Waals surface area contributed by atoms with Gasteiger partial charge in [-0.15, -0.1) is 0 Å². The zero-order chi connectivity index (χ0) is 17.8. The minimum absolute atomic E-state index is 0.0761. The first kappa shape index (κ1) is 16.3. The average molecular weight is 340 g/mol. The molecule has 4 saturated carbocycles. The molecule has 0 radical (unpaired) electrons. The Morgan fingerprint density at radius 2 is 1.80 bits per heavy atom. The van der Waals surface area contributed by atoms with Crippen molar-refractivity contribution < 1.29 is 4.79 Å². The van der Waals surface area contributed by atoms with Gasteiger partial charge in [-0.2, -0.15) is 10.4 Å². The fraction of sp³-hybridized carbons (Fsp3) is 0.684. The van der Waals surface area contributed by atoms with Crippen molar-refractivity contribution in [3.05, 3.63) is 27.2 Å². The summed E-state index contributed by atoms with van der Waals surface area (Å²) >= 11 is 0. The van der Waals surface area contributed by atoms with Crippen LogP contribution in [0.25, 0.3) is 0 Å². The van der Waals surface area contributed by atoms with Crippen LogP contribution >= 0.6 is 0 Å². The normalized spacial score (nSPS) is 32.4. The van der Waals surface area contributed by atoms with Gasteiger partial charge in [0.05, 0.1) is 5.69 Å². The van der Waals surface area contributed by atoms with E-state index in [4.69, 9.17) is 0 Å². The van der Waals surface area contributed by atoms with E-state index in [1.807, 2.05) is 6.07 Å². The average Bonchev–Trinajstić information content (AvgIpc) is 2.51. The summed E-state index contributed by atoms with van der Waals surface area (Å²) in [5.41, 5.74) is 0.720. The molecule has 4 bridgehead atoms. The second-order valence-corrected chi connectivity index (χ2v) is 8.41. The Kier molecular flexibility index (Phi) is 3.71. The van der Waals surface area contributed by atoms with E-state index >= 15 is 0 Å². The van der Waals surface area contributed by atoms with Gasteiger partial charge in [-0.25, -0.2) is 4.68 Å². The number of rotatable bonds is 3. The first-order valence-electron chi connectivity index (χ1n) is 9.18. The molecule has 5 rings (SSSR count). The van der Waals surface area contributed by atoms with E-state index in [1.165, 1.54) is 19.3 Å². The van der Waals surface area contributed by atoms with Crippen LogP contribution in [0.5, 0.6) is 0 Å². The molecule has 1 N–H and O–H groups in total. The van der Waals surface area contributed by atoms with Crippen molar-refractivity contribution in [2.24, 2.45) is 17.8 Å². The lowest BCUT2D eigenvalue weighted by Crippen LogP contribution is -2.60. The molecule has 0 aliphatic heterocycles. The molecule has 0 aromatic carbocycles. The molecule has 1 aromatic heterocycles. The molecule has 4 aliphatic carbocycles. The summed E-state index contributed by atoms with van der Waals surface area (Å²) in [5, 5.41) is 16.7. The number of aromatic nitrogens is 2. The van der Waals surface area contributed by atoms with Crippen molar-refractivity contribution in [1.82, 2.24) is 15.1 Å². The van der Waals surface area contributed by atoms with Crippen LogP contribution in [0.3, 0.4) is 0 Å². The van der Waals surface area contributed by atoms with Gasteiger partial charge in [0, 0.05) is 5.54 Å². The third kappa shape index (κ3) is 2.76. The van der Waals surface area contributed by atoms with Gasteiger partial charge in [0.15, 0.2) is 0 Å². The minimum Gasteiger partial charge on any atom is -0.349 e. The van der Waals surface area contributed by atoms with Gasteiger partial charge < -0.3 is 5.32 Å². The monoisotopic (exact) mass is 340 g/mol. The molecule has 132 valence electrons. The van der Waals surface area contributed by atoms with Crippen molar-refractivity contribution >= 4 is 5.91 Å². The molecule has 1 aromatic rings. The third-order valence-corrected chi connectivity index (χ3v) is 6.48. The Balaban J connectivity index is 1.53. The summed E-state index contributed by atoms with van der Waals surface area (Å²) in [5.74, 6) is 2.08. The summed E-state index contributed by atoms with van der Waals surface area (Å²) in [6.07, 6.45) is 7.17. The quantitative estimate of drug-likeness (QED) is 0.909. The second kappa shape index (κ2) is 5.69. The first-order chi connectivity index (χ1) is 11.9. The highest BCUT2D eigenvalue weighted by Crippen LogP contribution is 2.55. The second-order valence-electron chi connectivity index (χ2n) is 8.41. The minimum atomic E-state index is -0.480. The Labute approximate surface area is 147 Å². The van der Waals surface area contributed by atoms with Gasteiger partial charge >= 0.3 is 0 Å². The Morgan fingerprint density at radius 1 is 1.24 bits per heavy atom. The maximum absolute atomic E-state index is 12.7. The van der Waals surface area contributed by atoms with Gasteiger partial charge in [0.2, 0.25) is 5.91 Å². The molecule has 0 saturated heterocycles. The number of hydrogen-bond acceptors (Lipinski definition) is 4. The van der Waals surface area contributed by atoms with Gasteiger partial charge in [-0.3, -0.25) is 9.59 Å². The largest absolute Gasteiger partial charge is 0.349 e. The number of aryl methyl sites for hydroxylation is 1. The number of carbonyl (C=O) groups is 1. The van der Waals surface area contributed by atoms with E-state index in [0.29, 0.717) is 11.3 Å². The number of amides is 1. The van der Waals surface area contributed by atoms with Crippen molar-refractivity contribution in [3.8, 4) is 6.07 Å². The SMILES string of the molecule is Cc1nn(CC(=O)NC23CC4CC(CC(C4)C2)C3)c(=O)c(C#N)c1C. The standard InChI is InChI=1S/C19H24N4O2/c1-11-12(2)22-23(18(25)16(11)9-20)10-17(24)21-19-6-13-3-14(7-19)5-15(4-13)8-19/h13-15H,3-8,10H2,1-2H3,(H,21,24). The van der Waals surface area contributed by atoms with Crippen molar-refractivity contribution in [1.29, 1.82) is 5.26 Å². The summed E-state index contributed by atoms with van der Waals surface area (Å²) in [4.78, 5) is 25.0. The zero-order valence-electron chi connectivity index (χ0n) is 14.8. The molecule has 1 heterocycles. The lowest BCUT2D eigenvalue weighted by molar-refractivity contribution is -0.127. The highest BCUT2D eigenvalue weighted by atomic mass is 16.2. The third-order valence-electron chi connectivity index (χ3n) is 6.48. The number of nitrogens with zero attached hydrogens (tertiary/aromatic N) is 3. The maximum Gasteiger partial charge on any atom is 0.285 e. The van der Waals surface area contributed by atoms with Crippen LogP contribution in [-0.2, 0) is 11.3 Å². The predicted octanol–water partition coefficient (Wildman–Crippen LogP) is 1.82. The summed E-state index contributed by atoms with van der Waals surface area (Å²) < 4.78 is 1.14. The fourth-order valence-electron chi connectivity index (χ4n) is 5.75. The lowest BCUT2D eigenvalue weighted by Gasteiger charge is -2.56. The first-order valence-corrected chi connectivity index (χ1v) is 9.18. The lowest BCUT2D eigenvalue weighted by atomic mass is 9.53. The van der Waals surface area contributed by atoms with E-state index < -0.39 is 5.56 Å². The molecular weight excluding hydrogens is 316 g/mol. The molecule has 6 heteroatoms. The molecule has 25 heavy (non-hydrogen) atoms. The Bertz CT molecular complexity index is 798. The molecular formula is C19H24N4O2. The van der Waals surface area contributed by atoms with Crippen molar-refractivity contribution in [2.45, 2.75) is 64.5 Å². The van der Waals surface area contributed by atoms with E-state index in [0.717, 1.165) is 41.7 Å². The van der Waals surface area contributed by atoms with Gasteiger partial charge in [0.25, 0.3) is 5.56 Å². The Morgan fingerprint density at radius 3 is 2.32 bits per heavy atom. The predicted molar refractivity (Wildman–Crippen MR) is 91.7 cm³/mol. The van der Waals surface area contributed by atoms with E-state index in [9.17, 15) is 14.9 Å². The topological polar surface area (TPSA) is 87.8 Å². The molecule has 0 unspecified atom stereocenters. The molecule has 4 aliphatic rings. The van der Waals surface area contributed by atoms with Crippen LogP contribution in [0, 0.1) is 42.9 Å². The van der Waals surface area contributed by atoms with Gasteiger partial charge in [-0.1, -0.05) is 0 Å². The van der Waals surface area contributed by atoms with E-state index in [1.54, 1.807) is 13.8 Å². The summed E-state index contributed by atoms with van der Waals surface area (Å²) in [7, 11) is 0. The smallest absolute Gasteiger partial charge is 0.285 e. The van der Waals surface area contributed by atoms with E-state index in [-0.39, 0.29) is 23.6 Å². The van der Waals surface area contributed by atoms with Crippen LogP contribution in [0.1, 0.15) is 55.3 Å². The van der Waals surface area contributed by atoms with Crippen LogP contribution in [-0.4, -0.2) is 21.2 Å². The van der Waals surface area contributed by atoms with Crippen LogP contribution in [0.15, 0.2) is 4.79 Å². The number of nitrogens with one attached hydrogen (secondary N) is 1. The summed E-state index contributed by atoms with van der Waals surface area (Å²) in [6, 6.07) is 1.94. The van der Waals surface area contributed by atoms with Crippen molar-refractivity contribution in [2.75, 3.05) is 0 Å². The van der Waals surface area contributed by atoms with Gasteiger partial charge in [-0.05, 0) is 75.7 Å². The van der Waals surface area contributed by atoms with Crippen LogP contribution < -0.4 is 10.9 Å². The summed E-state index contributed by atoms with van der Waals surface area (Å²) in [6.45, 7) is 3.35. The highest BCUT2D eigenvalue weighted by molar-refractivity contribution is 5.76. The zero-order valence-corrected chi connectivity index (χ0v) is 14.8. The number of nitriles is 1. The maximum atomic E-state index is 12.7. The molecule has 0 atom stereocenters. The highest BCUT2D eigenvalue weighted by Gasteiger charge is 2.51. The molecule has 0 spiro atoms. The van der Waals surface area contributed by atoms with Crippen LogP contribution in [0.2, 0.25) is 0 Å². The Hall–Kier alpha value is -2.16. The number of carbonyl (C=O) groups excluding carboxylic acids is 1. The molecule has 6 nitrogen and oxygen atoms in total. The van der Waals surface area contributed by atoms with Crippen LogP contribution in [0.4, 0.5) is 0 Å². The van der Waals surface area contributed by atoms with E-state index in [2.05, 4.69) is 10.4 Å². The number of hydrogen-bond donors (Lipinski definition) is 1. The van der Waals surface area contributed by atoms with Gasteiger partial charge in [0.1, 0.15) is 18.2 Å². The molecule has 1 amide bonds. The molecule has 4 fully saturated rings. The van der Waals surface area contributed by atoms with Crippen molar-refractivity contribution in [3.63, 3.8) is 0 Å². The fourth-order valence-corrected chi connectivity index (χ4v) is 5.75.